The van der Waals surface area contributed by atoms with Crippen LogP contribution >= 0.6 is 0 Å². The Morgan fingerprint density at radius 3 is 2.50 bits per heavy atom. The number of pyridine rings is 1. The van der Waals surface area contributed by atoms with Gasteiger partial charge in [0.1, 0.15) is 23.9 Å². The van der Waals surface area contributed by atoms with E-state index >= 15 is 0 Å². The summed E-state index contributed by atoms with van der Waals surface area (Å²) in [6.45, 7) is 0.912. The smallest absolute Gasteiger partial charge is 0.169 e. The Labute approximate surface area is 151 Å². The van der Waals surface area contributed by atoms with Gasteiger partial charge < -0.3 is 14.6 Å². The van der Waals surface area contributed by atoms with E-state index in [1.807, 2.05) is 18.2 Å². The van der Waals surface area contributed by atoms with Gasteiger partial charge in [-0.25, -0.2) is 0 Å². The molecule has 0 aliphatic carbocycles. The van der Waals surface area contributed by atoms with Crippen LogP contribution in [0.25, 0.3) is 0 Å². The summed E-state index contributed by atoms with van der Waals surface area (Å²) in [4.78, 5) is 15.6. The van der Waals surface area contributed by atoms with Crippen molar-refractivity contribution in [2.24, 2.45) is 0 Å². The fourth-order valence-corrected chi connectivity index (χ4v) is 2.40. The van der Waals surface area contributed by atoms with E-state index in [9.17, 15) is 4.79 Å². The number of Topliss-reactive ketones (excluding diaryl/α,β-unsaturated/α-hetero) is 1. The molecule has 0 unspecified atom stereocenters. The standard InChI is InChI=1S/C15H13NO3.C6H6O/c17-14-5-8-18-15-9-12(1-2-13(14)15)19-10-11-3-6-16-7-4-11;7-6-4-2-1-3-5-6/h1-4,6-7,9H,5,8,10H2;1-5,7H. The number of ketones is 1. The molecule has 0 amide bonds. The van der Waals surface area contributed by atoms with Gasteiger partial charge in [-0.3, -0.25) is 9.78 Å². The van der Waals surface area contributed by atoms with Crippen molar-refractivity contribution in [2.45, 2.75) is 13.0 Å². The molecule has 4 rings (SSSR count). The molecule has 0 saturated carbocycles. The largest absolute Gasteiger partial charge is 0.508 e. The molecule has 0 radical (unpaired) electrons. The lowest BCUT2D eigenvalue weighted by atomic mass is 10.1. The van der Waals surface area contributed by atoms with Gasteiger partial charge >= 0.3 is 0 Å². The Morgan fingerprint density at radius 1 is 1.04 bits per heavy atom. The van der Waals surface area contributed by atoms with E-state index in [0.29, 0.717) is 42.4 Å². The molecule has 0 spiro atoms. The fraction of sp³-hybridized carbons (Fsp3) is 0.143. The fourth-order valence-electron chi connectivity index (χ4n) is 2.40. The highest BCUT2D eigenvalue weighted by Gasteiger charge is 2.18. The van der Waals surface area contributed by atoms with Crippen LogP contribution in [-0.4, -0.2) is 22.5 Å². The average molecular weight is 349 g/mol. The molecule has 5 heteroatoms. The summed E-state index contributed by atoms with van der Waals surface area (Å²) in [5, 5.41) is 8.63. The van der Waals surface area contributed by atoms with Crippen molar-refractivity contribution < 1.29 is 19.4 Å². The molecule has 2 heterocycles. The molecule has 1 aliphatic rings. The van der Waals surface area contributed by atoms with Crippen LogP contribution in [0.4, 0.5) is 0 Å². The highest BCUT2D eigenvalue weighted by Crippen LogP contribution is 2.29. The first kappa shape index (κ1) is 17.5. The molecule has 0 fully saturated rings. The van der Waals surface area contributed by atoms with Gasteiger partial charge in [-0.2, -0.15) is 0 Å². The minimum atomic E-state index is 0.127. The number of hydrogen-bond donors (Lipinski definition) is 1. The molecule has 5 nitrogen and oxygen atoms in total. The first-order valence-corrected chi connectivity index (χ1v) is 8.28. The summed E-state index contributed by atoms with van der Waals surface area (Å²) in [5.74, 6) is 1.76. The predicted molar refractivity (Wildman–Crippen MR) is 97.6 cm³/mol. The number of fused-ring (bicyclic) bond motifs is 1. The Bertz CT molecular complexity index is 850. The van der Waals surface area contributed by atoms with Gasteiger partial charge in [-0.15, -0.1) is 0 Å². The predicted octanol–water partition coefficient (Wildman–Crippen LogP) is 4.02. The second-order valence-electron chi connectivity index (χ2n) is 5.66. The molecular formula is C21H19NO4. The second kappa shape index (κ2) is 8.67. The van der Waals surface area contributed by atoms with Crippen LogP contribution in [-0.2, 0) is 6.61 Å². The number of carbonyl (C=O) groups excluding carboxylic acids is 1. The van der Waals surface area contributed by atoms with Gasteiger partial charge in [0.25, 0.3) is 0 Å². The zero-order valence-corrected chi connectivity index (χ0v) is 14.2. The van der Waals surface area contributed by atoms with Crippen LogP contribution in [0.2, 0.25) is 0 Å². The van der Waals surface area contributed by atoms with Crippen molar-refractivity contribution >= 4 is 5.78 Å². The van der Waals surface area contributed by atoms with Crippen LogP contribution in [0.1, 0.15) is 22.3 Å². The van der Waals surface area contributed by atoms with Crippen molar-refractivity contribution in [1.82, 2.24) is 4.98 Å². The first-order chi connectivity index (χ1) is 12.7. The molecule has 0 saturated heterocycles. The van der Waals surface area contributed by atoms with Gasteiger partial charge in [-0.1, -0.05) is 18.2 Å². The maximum Gasteiger partial charge on any atom is 0.169 e. The number of nitrogens with zero attached hydrogens (tertiary/aromatic N) is 1. The van der Waals surface area contributed by atoms with Crippen molar-refractivity contribution in [3.63, 3.8) is 0 Å². The maximum absolute atomic E-state index is 11.6. The van der Waals surface area contributed by atoms with E-state index in [1.165, 1.54) is 0 Å². The molecule has 0 bridgehead atoms. The van der Waals surface area contributed by atoms with Crippen molar-refractivity contribution in [1.29, 1.82) is 0 Å². The van der Waals surface area contributed by atoms with Gasteiger partial charge in [0.05, 0.1) is 12.2 Å². The van der Waals surface area contributed by atoms with Crippen molar-refractivity contribution in [2.75, 3.05) is 6.61 Å². The molecule has 132 valence electrons. The molecule has 1 N–H and O–H groups in total. The van der Waals surface area contributed by atoms with Crippen LogP contribution in [0.3, 0.4) is 0 Å². The molecule has 1 aromatic heterocycles. The third kappa shape index (κ3) is 4.83. The number of ether oxygens (including phenoxy) is 2. The molecule has 1 aliphatic heterocycles. The molecule has 0 atom stereocenters. The van der Waals surface area contributed by atoms with Crippen molar-refractivity contribution in [3.05, 3.63) is 84.2 Å². The summed E-state index contributed by atoms with van der Waals surface area (Å²) in [6.07, 6.45) is 3.91. The topological polar surface area (TPSA) is 68.7 Å². The number of carbonyl (C=O) groups is 1. The monoisotopic (exact) mass is 349 g/mol. The lowest BCUT2D eigenvalue weighted by Gasteiger charge is -2.17. The highest BCUT2D eigenvalue weighted by atomic mass is 16.5. The number of aromatic nitrogens is 1. The normalized spacial score (nSPS) is 12.2. The lowest BCUT2D eigenvalue weighted by molar-refractivity contribution is 0.0933. The zero-order chi connectivity index (χ0) is 18.2. The van der Waals surface area contributed by atoms with Crippen LogP contribution in [0, 0.1) is 0 Å². The number of phenolic OH excluding ortho intramolecular Hbond substituents is 1. The average Bonchev–Trinajstić information content (AvgIpc) is 2.68. The zero-order valence-electron chi connectivity index (χ0n) is 14.2. The highest BCUT2D eigenvalue weighted by molar-refractivity contribution is 5.99. The van der Waals surface area contributed by atoms with Crippen LogP contribution in [0.5, 0.6) is 17.2 Å². The summed E-state index contributed by atoms with van der Waals surface area (Å²) < 4.78 is 11.2. The summed E-state index contributed by atoms with van der Waals surface area (Å²) in [6, 6.07) is 17.8. The van der Waals surface area contributed by atoms with E-state index < -0.39 is 0 Å². The SMILES string of the molecule is O=C1CCOc2cc(OCc3ccncc3)ccc21.Oc1ccccc1. The minimum Gasteiger partial charge on any atom is -0.508 e. The molecular weight excluding hydrogens is 330 g/mol. The summed E-state index contributed by atoms with van der Waals surface area (Å²) >= 11 is 0. The maximum atomic E-state index is 11.6. The lowest BCUT2D eigenvalue weighted by Crippen LogP contribution is -2.15. The second-order valence-corrected chi connectivity index (χ2v) is 5.66. The van der Waals surface area contributed by atoms with Crippen LogP contribution < -0.4 is 9.47 Å². The summed E-state index contributed by atoms with van der Waals surface area (Å²) in [5.41, 5.74) is 1.69. The van der Waals surface area contributed by atoms with Gasteiger partial charge in [-0.05, 0) is 42.0 Å². The Hall–Kier alpha value is -3.34. The number of phenols is 1. The molecule has 2 aromatic carbocycles. The molecule has 26 heavy (non-hydrogen) atoms. The third-order valence-corrected chi connectivity index (χ3v) is 3.75. The Kier molecular flexibility index (Phi) is 5.83. The summed E-state index contributed by atoms with van der Waals surface area (Å²) in [7, 11) is 0. The van der Waals surface area contributed by atoms with E-state index in [-0.39, 0.29) is 5.78 Å². The Balaban J connectivity index is 0.000000236. The van der Waals surface area contributed by atoms with E-state index in [0.717, 1.165) is 5.56 Å². The van der Waals surface area contributed by atoms with Crippen molar-refractivity contribution in [3.8, 4) is 17.2 Å². The number of benzene rings is 2. The van der Waals surface area contributed by atoms with E-state index in [1.54, 1.807) is 54.9 Å². The number of hydrogen-bond acceptors (Lipinski definition) is 5. The Morgan fingerprint density at radius 2 is 1.81 bits per heavy atom. The molecule has 3 aromatic rings. The quantitative estimate of drug-likeness (QED) is 0.773. The third-order valence-electron chi connectivity index (χ3n) is 3.75. The number of aromatic hydroxyl groups is 1. The number of rotatable bonds is 3. The van der Waals surface area contributed by atoms with Gasteiger partial charge in [0, 0.05) is 24.9 Å². The number of para-hydroxylation sites is 1. The van der Waals surface area contributed by atoms with Crippen LogP contribution in [0.15, 0.2) is 73.1 Å². The van der Waals surface area contributed by atoms with Gasteiger partial charge in [0.2, 0.25) is 0 Å². The van der Waals surface area contributed by atoms with E-state index in [4.69, 9.17) is 14.6 Å². The van der Waals surface area contributed by atoms with E-state index in [2.05, 4.69) is 4.98 Å². The van der Waals surface area contributed by atoms with Gasteiger partial charge in [0.15, 0.2) is 5.78 Å². The first-order valence-electron chi connectivity index (χ1n) is 8.28. The minimum absolute atomic E-state index is 0.127.